The molecule has 0 spiro atoms. The molecule has 1 saturated carbocycles. The summed E-state index contributed by atoms with van der Waals surface area (Å²) >= 11 is 0. The number of hydrogen-bond acceptors (Lipinski definition) is 6. The Kier molecular flexibility index (Phi) is 3.89. The zero-order valence-electron chi connectivity index (χ0n) is 18.1. The fraction of sp³-hybridized carbons (Fsp3) is 0.500. The van der Waals surface area contributed by atoms with Crippen molar-refractivity contribution in [3.05, 3.63) is 59.5 Å². The number of anilines is 1. The summed E-state index contributed by atoms with van der Waals surface area (Å²) in [6.07, 6.45) is 3.85. The number of aliphatic hydroxyl groups is 1. The molecule has 3 N–H and O–H groups in total. The normalized spacial score (nSPS) is 34.5. The summed E-state index contributed by atoms with van der Waals surface area (Å²) in [7, 11) is 0. The molecule has 3 saturated heterocycles. The van der Waals surface area contributed by atoms with Gasteiger partial charge in [0, 0.05) is 30.8 Å². The molecule has 3 aliphatic heterocycles. The monoisotopic (exact) mass is 419 g/mol. The Morgan fingerprint density at radius 3 is 2.84 bits per heavy atom. The molecule has 2 aromatic heterocycles. The number of nitrogens with two attached hydrogens (primary N) is 1. The van der Waals surface area contributed by atoms with Gasteiger partial charge in [-0.3, -0.25) is 0 Å². The Morgan fingerprint density at radius 1 is 1.29 bits per heavy atom. The first-order valence-corrected chi connectivity index (χ1v) is 11.1. The van der Waals surface area contributed by atoms with E-state index in [2.05, 4.69) is 61.3 Å². The molecule has 2 bridgehead atoms. The van der Waals surface area contributed by atoms with Crippen LogP contribution in [0, 0.1) is 12.8 Å². The van der Waals surface area contributed by atoms with Crippen LogP contribution < -0.4 is 10.6 Å². The van der Waals surface area contributed by atoms with Crippen molar-refractivity contribution in [1.82, 2.24) is 14.6 Å². The van der Waals surface area contributed by atoms with Crippen LogP contribution in [0.2, 0.25) is 0 Å². The summed E-state index contributed by atoms with van der Waals surface area (Å²) in [5.74, 6) is 0.489. The van der Waals surface area contributed by atoms with Gasteiger partial charge in [0.2, 0.25) is 0 Å². The number of fused-ring (bicyclic) bond motifs is 2. The van der Waals surface area contributed by atoms with Crippen LogP contribution in [-0.2, 0) is 15.8 Å². The topological polar surface area (TPSA) is 88.9 Å². The van der Waals surface area contributed by atoms with Gasteiger partial charge in [-0.15, -0.1) is 5.10 Å². The fourth-order valence-electron chi connectivity index (χ4n) is 6.00. The second-order valence-electron chi connectivity index (χ2n) is 10.0. The van der Waals surface area contributed by atoms with E-state index in [9.17, 15) is 5.11 Å². The second kappa shape index (κ2) is 6.28. The molecule has 4 aliphatic rings. The van der Waals surface area contributed by atoms with Crippen LogP contribution in [-0.4, -0.2) is 51.5 Å². The highest BCUT2D eigenvalue weighted by atomic mass is 16.5. The highest BCUT2D eigenvalue weighted by Gasteiger charge is 2.71. The molecule has 0 radical (unpaired) electrons. The Labute approximate surface area is 181 Å². The molecule has 1 aliphatic carbocycles. The first-order valence-electron chi connectivity index (χ1n) is 11.1. The van der Waals surface area contributed by atoms with Crippen molar-refractivity contribution in [3.63, 3.8) is 0 Å². The van der Waals surface area contributed by atoms with Gasteiger partial charge < -0.3 is 20.5 Å². The van der Waals surface area contributed by atoms with Crippen LogP contribution in [0.4, 0.5) is 5.69 Å². The molecule has 7 heteroatoms. The highest BCUT2D eigenvalue weighted by molar-refractivity contribution is 5.58. The second-order valence-corrected chi connectivity index (χ2v) is 10.0. The number of ether oxygens (including phenoxy) is 1. The standard InChI is InChI=1S/C24H29N5O2/c1-16-10-18(28-9-8-22(2,14-28)17-6-4-3-5-7-17)11-29-20(16)26-21(27-29)24-13-23(25,15-31-24)19(24)12-30/h3-7,10-11,19,30H,8-9,12-15,25H2,1-2H3/t19?,22-,23?,24?/m0/s1. The smallest absolute Gasteiger partial charge is 0.184 e. The van der Waals surface area contributed by atoms with E-state index >= 15 is 0 Å². The minimum atomic E-state index is -0.651. The van der Waals surface area contributed by atoms with Crippen molar-refractivity contribution in [2.45, 2.75) is 43.2 Å². The molecule has 3 aromatic rings. The summed E-state index contributed by atoms with van der Waals surface area (Å²) in [4.78, 5) is 7.26. The Hall–Kier alpha value is -2.48. The quantitative estimate of drug-likeness (QED) is 0.674. The SMILES string of the molecule is Cc1cc(N2CC[C@](C)(c3ccccc3)C2)cn2nc(C34CC(N)(CO3)C4CO)nc12. The van der Waals surface area contributed by atoms with Crippen molar-refractivity contribution in [3.8, 4) is 0 Å². The van der Waals surface area contributed by atoms with Crippen LogP contribution in [0.15, 0.2) is 42.6 Å². The molecular formula is C24H29N5O2. The molecule has 3 unspecified atom stereocenters. The summed E-state index contributed by atoms with van der Waals surface area (Å²) in [6, 6.07) is 13.0. The third kappa shape index (κ3) is 2.57. The molecule has 7 nitrogen and oxygen atoms in total. The van der Waals surface area contributed by atoms with E-state index in [0.717, 1.165) is 36.4 Å². The van der Waals surface area contributed by atoms with Crippen molar-refractivity contribution >= 4 is 11.3 Å². The average molecular weight is 420 g/mol. The molecule has 31 heavy (non-hydrogen) atoms. The molecule has 5 heterocycles. The molecule has 0 amide bonds. The van der Waals surface area contributed by atoms with Crippen molar-refractivity contribution in [2.24, 2.45) is 11.7 Å². The molecule has 162 valence electrons. The van der Waals surface area contributed by atoms with Crippen LogP contribution in [0.25, 0.3) is 5.65 Å². The molecule has 4 atom stereocenters. The zero-order chi connectivity index (χ0) is 21.4. The van der Waals surface area contributed by atoms with Crippen molar-refractivity contribution < 1.29 is 9.84 Å². The van der Waals surface area contributed by atoms with E-state index in [1.165, 1.54) is 5.56 Å². The van der Waals surface area contributed by atoms with E-state index in [4.69, 9.17) is 20.6 Å². The number of aryl methyl sites for hydroxylation is 1. The van der Waals surface area contributed by atoms with Crippen molar-refractivity contribution in [1.29, 1.82) is 0 Å². The summed E-state index contributed by atoms with van der Waals surface area (Å²) in [6.45, 7) is 6.84. The van der Waals surface area contributed by atoms with Gasteiger partial charge in [-0.2, -0.15) is 0 Å². The Morgan fingerprint density at radius 2 is 2.10 bits per heavy atom. The van der Waals surface area contributed by atoms with Crippen molar-refractivity contribution in [2.75, 3.05) is 31.2 Å². The van der Waals surface area contributed by atoms with Gasteiger partial charge in [0.1, 0.15) is 5.60 Å². The van der Waals surface area contributed by atoms with Crippen LogP contribution in [0.3, 0.4) is 0 Å². The lowest BCUT2D eigenvalue weighted by Crippen LogP contribution is -2.64. The number of aromatic nitrogens is 3. The number of nitrogens with zero attached hydrogens (tertiary/aromatic N) is 4. The first kappa shape index (κ1) is 19.2. The minimum absolute atomic E-state index is 0.0118. The number of aliphatic hydroxyl groups excluding tert-OH is 1. The lowest BCUT2D eigenvalue weighted by Gasteiger charge is -2.48. The average Bonchev–Trinajstić information content (AvgIpc) is 3.50. The third-order valence-electron chi connectivity index (χ3n) is 7.92. The maximum absolute atomic E-state index is 9.89. The first-order chi connectivity index (χ1) is 14.9. The van der Waals surface area contributed by atoms with Gasteiger partial charge in [-0.1, -0.05) is 37.3 Å². The van der Waals surface area contributed by atoms with E-state index in [1.54, 1.807) is 0 Å². The van der Waals surface area contributed by atoms with E-state index < -0.39 is 11.1 Å². The van der Waals surface area contributed by atoms with Gasteiger partial charge in [0.15, 0.2) is 11.5 Å². The predicted molar refractivity (Wildman–Crippen MR) is 118 cm³/mol. The third-order valence-corrected chi connectivity index (χ3v) is 7.92. The lowest BCUT2D eigenvalue weighted by atomic mass is 9.59. The van der Waals surface area contributed by atoms with Gasteiger partial charge in [0.25, 0.3) is 0 Å². The highest BCUT2D eigenvalue weighted by Crippen LogP contribution is 2.59. The van der Waals surface area contributed by atoms with E-state index in [1.807, 2.05) is 4.52 Å². The van der Waals surface area contributed by atoms with Gasteiger partial charge in [-0.05, 0) is 30.5 Å². The largest absolute Gasteiger partial charge is 0.396 e. The van der Waals surface area contributed by atoms with E-state index in [-0.39, 0.29) is 17.9 Å². The molecule has 7 rings (SSSR count). The summed E-state index contributed by atoms with van der Waals surface area (Å²) in [5.41, 5.74) is 9.87. The molecule has 1 aromatic carbocycles. The number of hydrogen-bond donors (Lipinski definition) is 2. The van der Waals surface area contributed by atoms with Gasteiger partial charge in [-0.25, -0.2) is 9.50 Å². The Bertz CT molecular complexity index is 1160. The lowest BCUT2D eigenvalue weighted by molar-refractivity contribution is -0.0904. The minimum Gasteiger partial charge on any atom is -0.396 e. The zero-order valence-corrected chi connectivity index (χ0v) is 18.1. The van der Waals surface area contributed by atoms with Crippen LogP contribution >= 0.6 is 0 Å². The summed E-state index contributed by atoms with van der Waals surface area (Å²) < 4.78 is 7.92. The predicted octanol–water partition coefficient (Wildman–Crippen LogP) is 2.14. The fourth-order valence-corrected chi connectivity index (χ4v) is 6.00. The van der Waals surface area contributed by atoms with E-state index in [0.29, 0.717) is 18.9 Å². The number of rotatable bonds is 4. The maximum Gasteiger partial charge on any atom is 0.184 e. The van der Waals surface area contributed by atoms with Gasteiger partial charge >= 0.3 is 0 Å². The van der Waals surface area contributed by atoms with Crippen LogP contribution in [0.5, 0.6) is 0 Å². The molecule has 4 fully saturated rings. The van der Waals surface area contributed by atoms with Crippen LogP contribution in [0.1, 0.15) is 36.7 Å². The number of pyridine rings is 1. The summed E-state index contributed by atoms with van der Waals surface area (Å²) in [5, 5.41) is 14.7. The maximum atomic E-state index is 9.89. The molecular weight excluding hydrogens is 390 g/mol. The number of benzene rings is 1. The Balaban J connectivity index is 1.33. The van der Waals surface area contributed by atoms with Gasteiger partial charge in [0.05, 0.1) is 30.6 Å².